The highest BCUT2D eigenvalue weighted by molar-refractivity contribution is 8.00. The molecule has 0 aromatic heterocycles. The van der Waals surface area contributed by atoms with E-state index in [0.29, 0.717) is 0 Å². The number of hydrogen-bond acceptors (Lipinski definition) is 3. The Bertz CT molecular complexity index is 568. The van der Waals surface area contributed by atoms with E-state index in [9.17, 15) is 4.79 Å². The SMILES string of the molecule is CN(C)C(=O)CN=C(NCCc1ccccc1)NCC1(C)CCCS1. The van der Waals surface area contributed by atoms with Gasteiger partial charge < -0.3 is 15.5 Å². The van der Waals surface area contributed by atoms with Crippen molar-refractivity contribution >= 4 is 23.6 Å². The summed E-state index contributed by atoms with van der Waals surface area (Å²) in [5.74, 6) is 1.95. The van der Waals surface area contributed by atoms with Crippen molar-refractivity contribution < 1.29 is 4.79 Å². The molecule has 1 heterocycles. The molecule has 1 saturated heterocycles. The zero-order valence-corrected chi connectivity index (χ0v) is 16.4. The molecule has 1 aliphatic rings. The van der Waals surface area contributed by atoms with Crippen LogP contribution in [0.1, 0.15) is 25.3 Å². The van der Waals surface area contributed by atoms with E-state index in [1.54, 1.807) is 19.0 Å². The lowest BCUT2D eigenvalue weighted by atomic mass is 10.1. The lowest BCUT2D eigenvalue weighted by Gasteiger charge is -2.24. The summed E-state index contributed by atoms with van der Waals surface area (Å²) in [6, 6.07) is 10.4. The van der Waals surface area contributed by atoms with E-state index in [0.717, 1.165) is 25.5 Å². The third kappa shape index (κ3) is 6.98. The summed E-state index contributed by atoms with van der Waals surface area (Å²) in [5.41, 5.74) is 1.29. The lowest BCUT2D eigenvalue weighted by molar-refractivity contribution is -0.127. The van der Waals surface area contributed by atoms with E-state index in [-0.39, 0.29) is 17.2 Å². The van der Waals surface area contributed by atoms with E-state index in [1.807, 2.05) is 17.8 Å². The van der Waals surface area contributed by atoms with E-state index in [4.69, 9.17) is 0 Å². The van der Waals surface area contributed by atoms with Crippen LogP contribution in [0, 0.1) is 0 Å². The minimum Gasteiger partial charge on any atom is -0.356 e. The van der Waals surface area contributed by atoms with Crippen LogP contribution in [0.15, 0.2) is 35.3 Å². The number of aliphatic imine (C=N–C) groups is 1. The molecule has 1 amide bonds. The summed E-state index contributed by atoms with van der Waals surface area (Å²) < 4.78 is 0.257. The van der Waals surface area contributed by atoms with Crippen LogP contribution in [0.4, 0.5) is 0 Å². The average Bonchev–Trinajstić information content (AvgIpc) is 3.04. The molecular weight excluding hydrogens is 332 g/mol. The van der Waals surface area contributed by atoms with Crippen LogP contribution in [-0.2, 0) is 11.2 Å². The first kappa shape index (κ1) is 19.6. The van der Waals surface area contributed by atoms with Gasteiger partial charge in [-0.3, -0.25) is 4.79 Å². The van der Waals surface area contributed by atoms with E-state index in [1.165, 1.54) is 24.2 Å². The van der Waals surface area contributed by atoms with Crippen molar-refractivity contribution in [2.45, 2.75) is 30.9 Å². The summed E-state index contributed by atoms with van der Waals surface area (Å²) >= 11 is 2.02. The van der Waals surface area contributed by atoms with Gasteiger partial charge in [-0.25, -0.2) is 4.99 Å². The van der Waals surface area contributed by atoms with E-state index in [2.05, 4.69) is 46.8 Å². The summed E-state index contributed by atoms with van der Waals surface area (Å²) in [4.78, 5) is 17.9. The number of nitrogens with zero attached hydrogens (tertiary/aromatic N) is 2. The molecule has 1 aromatic carbocycles. The van der Waals surface area contributed by atoms with Gasteiger partial charge in [0.1, 0.15) is 6.54 Å². The Hall–Kier alpha value is -1.69. The normalized spacial score (nSPS) is 20.4. The van der Waals surface area contributed by atoms with Gasteiger partial charge in [0, 0.05) is 31.9 Å². The highest BCUT2D eigenvalue weighted by Gasteiger charge is 2.29. The van der Waals surface area contributed by atoms with Gasteiger partial charge in [0.05, 0.1) is 0 Å². The highest BCUT2D eigenvalue weighted by atomic mass is 32.2. The largest absolute Gasteiger partial charge is 0.356 e. The predicted molar refractivity (Wildman–Crippen MR) is 107 cm³/mol. The third-order valence-electron chi connectivity index (χ3n) is 4.35. The molecule has 1 unspecified atom stereocenters. The van der Waals surface area contributed by atoms with E-state index < -0.39 is 0 Å². The summed E-state index contributed by atoms with van der Waals surface area (Å²) in [6.45, 7) is 4.11. The Morgan fingerprint density at radius 2 is 2.04 bits per heavy atom. The number of benzene rings is 1. The number of guanidine groups is 1. The van der Waals surface area contributed by atoms with Crippen LogP contribution < -0.4 is 10.6 Å². The molecule has 6 heteroatoms. The van der Waals surface area contributed by atoms with Gasteiger partial charge >= 0.3 is 0 Å². The second-order valence-corrected chi connectivity index (χ2v) is 8.55. The predicted octanol–water partition coefficient (Wildman–Crippen LogP) is 2.14. The molecule has 25 heavy (non-hydrogen) atoms. The third-order valence-corrected chi connectivity index (χ3v) is 5.89. The van der Waals surface area contributed by atoms with Gasteiger partial charge in [0.25, 0.3) is 0 Å². The van der Waals surface area contributed by atoms with Gasteiger partial charge in [0.2, 0.25) is 5.91 Å². The van der Waals surface area contributed by atoms with Crippen molar-refractivity contribution in [3.63, 3.8) is 0 Å². The number of carbonyl (C=O) groups excluding carboxylic acids is 1. The van der Waals surface area contributed by atoms with Crippen molar-refractivity contribution in [1.82, 2.24) is 15.5 Å². The van der Waals surface area contributed by atoms with Crippen LogP contribution in [-0.4, -0.2) is 61.0 Å². The fourth-order valence-corrected chi connectivity index (χ4v) is 3.92. The maximum absolute atomic E-state index is 11.8. The molecular formula is C19H30N4OS. The van der Waals surface area contributed by atoms with Gasteiger partial charge in [0.15, 0.2) is 5.96 Å². The van der Waals surface area contributed by atoms with Gasteiger partial charge in [-0.15, -0.1) is 0 Å². The summed E-state index contributed by atoms with van der Waals surface area (Å²) in [7, 11) is 3.51. The molecule has 1 aromatic rings. The molecule has 1 fully saturated rings. The zero-order chi connectivity index (χ0) is 18.1. The quantitative estimate of drug-likeness (QED) is 0.576. The standard InChI is InChI=1S/C19H30N4OS/c1-19(11-7-13-25-19)15-22-18(21-14-17(24)23(2)3)20-12-10-16-8-5-4-6-9-16/h4-6,8-9H,7,10-15H2,1-3H3,(H2,20,21,22). The molecule has 1 atom stereocenters. The number of amides is 1. The Morgan fingerprint density at radius 1 is 1.28 bits per heavy atom. The molecule has 0 bridgehead atoms. The molecule has 138 valence electrons. The minimum atomic E-state index is 0.00520. The van der Waals surface area contributed by atoms with Crippen molar-refractivity contribution in [3.05, 3.63) is 35.9 Å². The topological polar surface area (TPSA) is 56.7 Å². The van der Waals surface area contributed by atoms with Crippen molar-refractivity contribution in [2.24, 2.45) is 4.99 Å². The van der Waals surface area contributed by atoms with E-state index >= 15 is 0 Å². The number of carbonyl (C=O) groups is 1. The fourth-order valence-electron chi connectivity index (χ4n) is 2.68. The molecule has 5 nitrogen and oxygen atoms in total. The number of likely N-dealkylation sites (N-methyl/N-ethyl adjacent to an activating group) is 1. The van der Waals surface area contributed by atoms with Crippen LogP contribution in [0.3, 0.4) is 0 Å². The molecule has 0 radical (unpaired) electrons. The van der Waals surface area contributed by atoms with Gasteiger partial charge in [-0.2, -0.15) is 11.8 Å². The monoisotopic (exact) mass is 362 g/mol. The molecule has 0 spiro atoms. The lowest BCUT2D eigenvalue weighted by Crippen LogP contribution is -2.44. The Labute approximate surface area is 155 Å². The number of thioether (sulfide) groups is 1. The van der Waals surface area contributed by atoms with Crippen LogP contribution in [0.2, 0.25) is 0 Å². The molecule has 0 saturated carbocycles. The Morgan fingerprint density at radius 3 is 2.68 bits per heavy atom. The molecule has 0 aliphatic carbocycles. The van der Waals surface area contributed by atoms with Crippen molar-refractivity contribution in [2.75, 3.05) is 39.5 Å². The fraction of sp³-hybridized carbons (Fsp3) is 0.579. The van der Waals surface area contributed by atoms with Crippen molar-refractivity contribution in [3.8, 4) is 0 Å². The number of hydrogen-bond donors (Lipinski definition) is 2. The van der Waals surface area contributed by atoms with Gasteiger partial charge in [-0.05, 0) is 37.5 Å². The highest BCUT2D eigenvalue weighted by Crippen LogP contribution is 2.36. The number of nitrogens with one attached hydrogen (secondary N) is 2. The Kier molecular flexibility index (Phi) is 7.62. The Balaban J connectivity index is 1.88. The summed E-state index contributed by atoms with van der Waals surface area (Å²) in [6.07, 6.45) is 3.42. The second-order valence-electron chi connectivity index (χ2n) is 6.87. The zero-order valence-electron chi connectivity index (χ0n) is 15.5. The van der Waals surface area contributed by atoms with Crippen LogP contribution in [0.25, 0.3) is 0 Å². The van der Waals surface area contributed by atoms with Crippen LogP contribution >= 0.6 is 11.8 Å². The smallest absolute Gasteiger partial charge is 0.243 e. The first-order valence-corrected chi connectivity index (χ1v) is 9.87. The maximum atomic E-state index is 11.8. The van der Waals surface area contributed by atoms with Crippen molar-refractivity contribution in [1.29, 1.82) is 0 Å². The van der Waals surface area contributed by atoms with Crippen LogP contribution in [0.5, 0.6) is 0 Å². The summed E-state index contributed by atoms with van der Waals surface area (Å²) in [5, 5.41) is 6.79. The minimum absolute atomic E-state index is 0.00520. The average molecular weight is 363 g/mol. The maximum Gasteiger partial charge on any atom is 0.243 e. The second kappa shape index (κ2) is 9.70. The first-order valence-electron chi connectivity index (χ1n) is 8.89. The first-order chi connectivity index (χ1) is 12.0. The molecule has 2 N–H and O–H groups in total. The molecule has 1 aliphatic heterocycles. The van der Waals surface area contributed by atoms with Gasteiger partial charge in [-0.1, -0.05) is 30.3 Å². The molecule has 2 rings (SSSR count). The number of rotatable bonds is 7.